The van der Waals surface area contributed by atoms with Gasteiger partial charge in [-0.2, -0.15) is 0 Å². The third kappa shape index (κ3) is 4.72. The van der Waals surface area contributed by atoms with Crippen LogP contribution >= 0.6 is 0 Å². The number of amides is 1. The number of carbonyl (C=O) groups excluding carboxylic acids is 1. The van der Waals surface area contributed by atoms with Gasteiger partial charge in [0.05, 0.1) is 24.3 Å². The molecule has 1 amide bonds. The molecular formula is C24H21N3O4. The second-order valence-corrected chi connectivity index (χ2v) is 6.84. The van der Waals surface area contributed by atoms with Gasteiger partial charge < -0.3 is 14.8 Å². The van der Waals surface area contributed by atoms with E-state index in [4.69, 9.17) is 9.47 Å². The molecule has 0 radical (unpaired) electrons. The lowest BCUT2D eigenvalue weighted by Crippen LogP contribution is -2.32. The average Bonchev–Trinajstić information content (AvgIpc) is 2.81. The number of ether oxygens (including phenoxy) is 2. The van der Waals surface area contributed by atoms with Gasteiger partial charge in [-0.25, -0.2) is 4.98 Å². The van der Waals surface area contributed by atoms with E-state index in [1.54, 1.807) is 19.2 Å². The molecule has 1 N–H and O–H groups in total. The summed E-state index contributed by atoms with van der Waals surface area (Å²) >= 11 is 0. The summed E-state index contributed by atoms with van der Waals surface area (Å²) in [7, 11) is 1.59. The van der Waals surface area contributed by atoms with E-state index in [0.717, 1.165) is 5.56 Å². The van der Waals surface area contributed by atoms with Crippen LogP contribution in [0.25, 0.3) is 11.0 Å². The fraction of sp³-hybridized carbons (Fsp3) is 0.125. The van der Waals surface area contributed by atoms with E-state index in [1.165, 1.54) is 10.8 Å². The zero-order chi connectivity index (χ0) is 21.6. The van der Waals surface area contributed by atoms with Gasteiger partial charge in [0, 0.05) is 6.54 Å². The smallest absolute Gasteiger partial charge is 0.269 e. The highest BCUT2D eigenvalue weighted by molar-refractivity contribution is 5.79. The second-order valence-electron chi connectivity index (χ2n) is 6.84. The summed E-state index contributed by atoms with van der Waals surface area (Å²) in [5, 5.41) is 2.85. The van der Waals surface area contributed by atoms with Gasteiger partial charge in [0.25, 0.3) is 5.56 Å². The van der Waals surface area contributed by atoms with Gasteiger partial charge in [-0.15, -0.1) is 0 Å². The Bertz CT molecular complexity index is 1270. The molecule has 7 nitrogen and oxygen atoms in total. The van der Waals surface area contributed by atoms with Gasteiger partial charge in [0.15, 0.2) is 11.5 Å². The number of benzene rings is 3. The number of hydrogen-bond acceptors (Lipinski definition) is 5. The lowest BCUT2D eigenvalue weighted by molar-refractivity contribution is -0.121. The molecule has 0 fully saturated rings. The zero-order valence-corrected chi connectivity index (χ0v) is 16.9. The van der Waals surface area contributed by atoms with Crippen molar-refractivity contribution in [1.29, 1.82) is 0 Å². The lowest BCUT2D eigenvalue weighted by Gasteiger charge is -2.11. The van der Waals surface area contributed by atoms with Gasteiger partial charge in [0.2, 0.25) is 5.91 Å². The third-order valence-electron chi connectivity index (χ3n) is 4.76. The Balaban J connectivity index is 1.38. The minimum atomic E-state index is -0.313. The highest BCUT2D eigenvalue weighted by atomic mass is 16.5. The minimum Gasteiger partial charge on any atom is -0.493 e. The number of carbonyl (C=O) groups is 1. The summed E-state index contributed by atoms with van der Waals surface area (Å²) in [5.41, 5.74) is 1.89. The van der Waals surface area contributed by atoms with E-state index in [-0.39, 0.29) is 18.0 Å². The first-order valence-electron chi connectivity index (χ1n) is 9.75. The van der Waals surface area contributed by atoms with Crippen LogP contribution in [0.3, 0.4) is 0 Å². The van der Waals surface area contributed by atoms with Gasteiger partial charge >= 0.3 is 0 Å². The molecule has 7 heteroatoms. The Morgan fingerprint density at radius 1 is 0.968 bits per heavy atom. The van der Waals surface area contributed by atoms with E-state index < -0.39 is 0 Å². The van der Waals surface area contributed by atoms with Crippen LogP contribution in [0.2, 0.25) is 0 Å². The van der Waals surface area contributed by atoms with Gasteiger partial charge in [-0.3, -0.25) is 14.2 Å². The quantitative estimate of drug-likeness (QED) is 0.499. The molecule has 0 aliphatic rings. The van der Waals surface area contributed by atoms with Crippen molar-refractivity contribution in [2.45, 2.75) is 13.1 Å². The molecule has 0 spiro atoms. The largest absolute Gasteiger partial charge is 0.493 e. The van der Waals surface area contributed by atoms with Crippen molar-refractivity contribution in [3.05, 3.63) is 94.9 Å². The molecule has 1 aromatic heterocycles. The van der Waals surface area contributed by atoms with Crippen molar-refractivity contribution in [3.63, 3.8) is 0 Å². The normalized spacial score (nSPS) is 10.6. The number of nitrogens with one attached hydrogen (secondary N) is 1. The van der Waals surface area contributed by atoms with Crippen LogP contribution in [0.1, 0.15) is 5.56 Å². The number of nitrogens with zero attached hydrogens (tertiary/aromatic N) is 2. The van der Waals surface area contributed by atoms with Gasteiger partial charge in [-0.05, 0) is 42.0 Å². The number of fused-ring (bicyclic) bond motifs is 1. The number of para-hydroxylation sites is 4. The van der Waals surface area contributed by atoms with E-state index in [0.29, 0.717) is 34.8 Å². The maximum atomic E-state index is 12.4. The summed E-state index contributed by atoms with van der Waals surface area (Å²) in [4.78, 5) is 28.7. The van der Waals surface area contributed by atoms with Crippen LogP contribution in [0.5, 0.6) is 17.2 Å². The summed E-state index contributed by atoms with van der Waals surface area (Å²) in [5.74, 6) is 1.68. The molecule has 0 aliphatic heterocycles. The molecule has 3 aromatic carbocycles. The van der Waals surface area contributed by atoms with Crippen LogP contribution in [-0.2, 0) is 17.9 Å². The van der Waals surface area contributed by atoms with E-state index >= 15 is 0 Å². The Morgan fingerprint density at radius 2 is 1.68 bits per heavy atom. The van der Waals surface area contributed by atoms with Gasteiger partial charge in [-0.1, -0.05) is 36.4 Å². The molecule has 0 unspecified atom stereocenters. The molecule has 31 heavy (non-hydrogen) atoms. The second kappa shape index (κ2) is 9.13. The molecule has 0 bridgehead atoms. The minimum absolute atomic E-state index is 0.0726. The molecule has 1 heterocycles. The molecule has 4 rings (SSSR count). The molecule has 4 aromatic rings. The van der Waals surface area contributed by atoms with Crippen molar-refractivity contribution in [2.75, 3.05) is 7.11 Å². The van der Waals surface area contributed by atoms with Crippen LogP contribution in [0, 0.1) is 0 Å². The van der Waals surface area contributed by atoms with Crippen LogP contribution in [-0.4, -0.2) is 22.6 Å². The Hall–Kier alpha value is -4.13. The van der Waals surface area contributed by atoms with E-state index in [1.807, 2.05) is 60.7 Å². The Labute approximate surface area is 178 Å². The SMILES string of the molecule is COc1ccccc1Oc1ccc(CNC(=O)Cn2c(=O)cnc3ccccc32)cc1. The zero-order valence-electron chi connectivity index (χ0n) is 16.9. The molecular weight excluding hydrogens is 394 g/mol. The summed E-state index contributed by atoms with van der Waals surface area (Å²) in [6, 6.07) is 22.0. The fourth-order valence-electron chi connectivity index (χ4n) is 3.18. The predicted octanol–water partition coefficient (Wildman–Crippen LogP) is 3.51. The number of rotatable bonds is 7. The monoisotopic (exact) mass is 415 g/mol. The van der Waals surface area contributed by atoms with Crippen molar-refractivity contribution >= 4 is 16.9 Å². The third-order valence-corrected chi connectivity index (χ3v) is 4.76. The first-order valence-corrected chi connectivity index (χ1v) is 9.75. The number of methoxy groups -OCH3 is 1. The van der Waals surface area contributed by atoms with Crippen LogP contribution in [0.4, 0.5) is 0 Å². The molecule has 0 atom stereocenters. The molecule has 156 valence electrons. The van der Waals surface area contributed by atoms with Crippen LogP contribution in [0.15, 0.2) is 83.8 Å². The standard InChI is InChI=1S/C24H21N3O4/c1-30-21-8-4-5-9-22(21)31-18-12-10-17(11-13-18)14-26-23(28)16-27-20-7-3-2-6-19(20)25-15-24(27)29/h2-13,15H,14,16H2,1H3,(H,26,28). The van der Waals surface area contributed by atoms with Gasteiger partial charge in [0.1, 0.15) is 12.3 Å². The number of hydrogen-bond donors (Lipinski definition) is 1. The Kier molecular flexibility index (Phi) is 5.93. The maximum Gasteiger partial charge on any atom is 0.269 e. The highest BCUT2D eigenvalue weighted by Crippen LogP contribution is 2.30. The Morgan fingerprint density at radius 3 is 2.45 bits per heavy atom. The van der Waals surface area contributed by atoms with Crippen LogP contribution < -0.4 is 20.3 Å². The number of aromatic nitrogens is 2. The summed E-state index contributed by atoms with van der Waals surface area (Å²) < 4.78 is 12.6. The van der Waals surface area contributed by atoms with Crippen molar-refractivity contribution in [1.82, 2.24) is 14.9 Å². The molecule has 0 aliphatic carbocycles. The summed E-state index contributed by atoms with van der Waals surface area (Å²) in [6.45, 7) is 0.266. The van der Waals surface area contributed by atoms with Crippen molar-refractivity contribution in [3.8, 4) is 17.2 Å². The lowest BCUT2D eigenvalue weighted by atomic mass is 10.2. The van der Waals surface area contributed by atoms with Crippen molar-refractivity contribution in [2.24, 2.45) is 0 Å². The first-order chi connectivity index (χ1) is 15.1. The summed E-state index contributed by atoms with van der Waals surface area (Å²) in [6.07, 6.45) is 1.23. The molecule has 0 saturated carbocycles. The average molecular weight is 415 g/mol. The fourth-order valence-corrected chi connectivity index (χ4v) is 3.18. The first kappa shape index (κ1) is 20.2. The molecule has 0 saturated heterocycles. The van der Waals surface area contributed by atoms with Crippen molar-refractivity contribution < 1.29 is 14.3 Å². The topological polar surface area (TPSA) is 82.5 Å². The van der Waals surface area contributed by atoms with E-state index in [2.05, 4.69) is 10.3 Å². The maximum absolute atomic E-state index is 12.4. The highest BCUT2D eigenvalue weighted by Gasteiger charge is 2.09. The predicted molar refractivity (Wildman–Crippen MR) is 117 cm³/mol. The van der Waals surface area contributed by atoms with E-state index in [9.17, 15) is 9.59 Å².